The van der Waals surface area contributed by atoms with Gasteiger partial charge in [0.1, 0.15) is 11.7 Å². The van der Waals surface area contributed by atoms with Gasteiger partial charge in [-0.2, -0.15) is 15.7 Å². The molecule has 0 bridgehead atoms. The standard InChI is InChI=1S/C18H22FN5O6S/c19-14-7-23(18(26)27)2-1-15(14)30-17-13(16(20)25)3-10(4-21-17)11-5-22-24(6-11)12-8-31(28,29)9-12/h3-6,12,14-15,28-29H,1-2,7-9H2,(H2,20,25)(H,26,27)/t14-,15+/m1/s1. The lowest BCUT2D eigenvalue weighted by molar-refractivity contribution is 0.0222. The number of rotatable bonds is 5. The van der Waals surface area contributed by atoms with Gasteiger partial charge in [-0.25, -0.2) is 14.2 Å². The molecule has 0 unspecified atom stereocenters. The number of ether oxygens (including phenoxy) is 1. The summed E-state index contributed by atoms with van der Waals surface area (Å²) in [6.45, 7) is -0.218. The van der Waals surface area contributed by atoms with Crippen molar-refractivity contribution in [2.24, 2.45) is 5.73 Å². The van der Waals surface area contributed by atoms with Crippen LogP contribution in [-0.4, -0.2) is 82.7 Å². The number of alkyl halides is 1. The van der Waals surface area contributed by atoms with Crippen LogP contribution in [0.4, 0.5) is 9.18 Å². The maximum Gasteiger partial charge on any atom is 0.407 e. The molecule has 2 aliphatic rings. The summed E-state index contributed by atoms with van der Waals surface area (Å²) in [6, 6.07) is 1.36. The van der Waals surface area contributed by atoms with Crippen LogP contribution >= 0.6 is 10.6 Å². The first-order valence-electron chi connectivity index (χ1n) is 9.49. The zero-order valence-corrected chi connectivity index (χ0v) is 17.1. The lowest BCUT2D eigenvalue weighted by Crippen LogP contribution is -2.49. The Morgan fingerprint density at radius 1 is 1.26 bits per heavy atom. The van der Waals surface area contributed by atoms with Crippen LogP contribution < -0.4 is 10.5 Å². The van der Waals surface area contributed by atoms with E-state index in [0.29, 0.717) is 11.1 Å². The molecule has 4 rings (SSSR count). The van der Waals surface area contributed by atoms with Gasteiger partial charge in [-0.3, -0.25) is 18.6 Å². The second kappa shape index (κ2) is 7.98. The number of primary amides is 1. The van der Waals surface area contributed by atoms with Gasteiger partial charge in [0, 0.05) is 36.5 Å². The summed E-state index contributed by atoms with van der Waals surface area (Å²) in [7, 11) is -2.50. The Morgan fingerprint density at radius 3 is 2.61 bits per heavy atom. The van der Waals surface area contributed by atoms with Gasteiger partial charge in [0.2, 0.25) is 5.88 Å². The number of carboxylic acid groups (broad SMARTS) is 1. The van der Waals surface area contributed by atoms with Gasteiger partial charge >= 0.3 is 6.09 Å². The van der Waals surface area contributed by atoms with Gasteiger partial charge in [0.15, 0.2) is 6.17 Å². The molecule has 2 saturated heterocycles. The van der Waals surface area contributed by atoms with E-state index in [2.05, 4.69) is 10.1 Å². The SMILES string of the molecule is NC(=O)c1cc(-c2cnn(C3CS(O)(O)C3)c2)cnc1O[C@H]1CCN(C(=O)O)C[C@H]1F. The topological polar surface area (TPSA) is 164 Å². The van der Waals surface area contributed by atoms with Crippen molar-refractivity contribution in [3.63, 3.8) is 0 Å². The van der Waals surface area contributed by atoms with E-state index < -0.39 is 34.9 Å². The highest BCUT2D eigenvalue weighted by atomic mass is 32.3. The Bertz CT molecular complexity index is 1010. The Balaban J connectivity index is 1.51. The first kappa shape index (κ1) is 21.3. The van der Waals surface area contributed by atoms with Crippen molar-refractivity contribution in [3.05, 3.63) is 30.2 Å². The smallest absolute Gasteiger partial charge is 0.407 e. The average Bonchev–Trinajstić information content (AvgIpc) is 3.17. The lowest BCUT2D eigenvalue weighted by Gasteiger charge is -2.46. The highest BCUT2D eigenvalue weighted by Gasteiger charge is 2.36. The summed E-state index contributed by atoms with van der Waals surface area (Å²) in [6.07, 6.45) is 1.11. The van der Waals surface area contributed by atoms with Crippen LogP contribution in [-0.2, 0) is 0 Å². The molecule has 2 amide bonds. The van der Waals surface area contributed by atoms with Crippen molar-refractivity contribution in [1.29, 1.82) is 0 Å². The molecule has 13 heteroatoms. The molecule has 11 nitrogen and oxygen atoms in total. The van der Waals surface area contributed by atoms with Crippen molar-refractivity contribution in [3.8, 4) is 17.0 Å². The van der Waals surface area contributed by atoms with Gasteiger partial charge in [-0.15, -0.1) is 0 Å². The van der Waals surface area contributed by atoms with Crippen molar-refractivity contribution in [2.45, 2.75) is 24.7 Å². The Labute approximate surface area is 178 Å². The number of pyridine rings is 1. The van der Waals surface area contributed by atoms with Crippen molar-refractivity contribution < 1.29 is 32.9 Å². The summed E-state index contributed by atoms with van der Waals surface area (Å²) in [5, 5.41) is 13.2. The van der Waals surface area contributed by atoms with E-state index in [4.69, 9.17) is 15.6 Å². The molecule has 2 fully saturated rings. The van der Waals surface area contributed by atoms with Crippen LogP contribution in [0, 0.1) is 0 Å². The summed E-state index contributed by atoms with van der Waals surface area (Å²) < 4.78 is 40.7. The second-order valence-electron chi connectivity index (χ2n) is 7.63. The van der Waals surface area contributed by atoms with Crippen molar-refractivity contribution >= 4 is 22.6 Å². The Hall–Kier alpha value is -2.90. The molecule has 4 heterocycles. The predicted molar refractivity (Wildman–Crippen MR) is 109 cm³/mol. The number of amides is 2. The molecule has 2 aromatic rings. The lowest BCUT2D eigenvalue weighted by atomic mass is 10.1. The average molecular weight is 455 g/mol. The number of piperidine rings is 1. The van der Waals surface area contributed by atoms with E-state index in [-0.39, 0.29) is 48.5 Å². The fourth-order valence-electron chi connectivity index (χ4n) is 3.62. The van der Waals surface area contributed by atoms with E-state index in [1.54, 1.807) is 17.1 Å². The highest BCUT2D eigenvalue weighted by Crippen LogP contribution is 2.53. The molecule has 2 atom stereocenters. The van der Waals surface area contributed by atoms with Gasteiger partial charge in [0.25, 0.3) is 5.91 Å². The summed E-state index contributed by atoms with van der Waals surface area (Å²) in [5.41, 5.74) is 6.61. The molecular weight excluding hydrogens is 433 g/mol. The Morgan fingerprint density at radius 2 is 2.00 bits per heavy atom. The number of nitrogens with zero attached hydrogens (tertiary/aromatic N) is 4. The van der Waals surface area contributed by atoms with Crippen LogP contribution in [0.2, 0.25) is 0 Å². The third kappa shape index (κ3) is 4.43. The maximum atomic E-state index is 14.4. The highest BCUT2D eigenvalue weighted by molar-refractivity contribution is 8.25. The molecule has 0 saturated carbocycles. The number of hydrogen-bond acceptors (Lipinski definition) is 7. The molecule has 0 radical (unpaired) electrons. The van der Waals surface area contributed by atoms with Crippen molar-refractivity contribution in [2.75, 3.05) is 24.6 Å². The van der Waals surface area contributed by atoms with Crippen LogP contribution in [0.15, 0.2) is 24.7 Å². The van der Waals surface area contributed by atoms with E-state index in [1.807, 2.05) is 0 Å². The van der Waals surface area contributed by atoms with Crippen molar-refractivity contribution in [1.82, 2.24) is 19.7 Å². The molecule has 168 valence electrons. The van der Waals surface area contributed by atoms with Gasteiger partial charge in [-0.1, -0.05) is 0 Å². The molecule has 5 N–H and O–H groups in total. The minimum Gasteiger partial charge on any atom is -0.471 e. The molecule has 0 spiro atoms. The summed E-state index contributed by atoms with van der Waals surface area (Å²) in [5.74, 6) is -0.427. The fraction of sp³-hybridized carbons (Fsp3) is 0.444. The first-order chi connectivity index (χ1) is 14.6. The van der Waals surface area contributed by atoms with Crippen LogP contribution in [0.1, 0.15) is 22.8 Å². The largest absolute Gasteiger partial charge is 0.471 e. The normalized spacial score (nSPS) is 24.3. The molecule has 0 aromatic carbocycles. The van der Waals surface area contributed by atoms with Gasteiger partial charge in [0.05, 0.1) is 30.3 Å². The number of carbonyl (C=O) groups is 2. The molecule has 31 heavy (non-hydrogen) atoms. The number of nitrogens with two attached hydrogens (primary N) is 1. The molecule has 2 aromatic heterocycles. The molecule has 2 aliphatic heterocycles. The fourth-order valence-corrected chi connectivity index (χ4v) is 5.06. The van der Waals surface area contributed by atoms with E-state index in [1.165, 1.54) is 12.3 Å². The van der Waals surface area contributed by atoms with Crippen LogP contribution in [0.3, 0.4) is 0 Å². The minimum atomic E-state index is -2.50. The van der Waals surface area contributed by atoms with Crippen LogP contribution in [0.5, 0.6) is 5.88 Å². The van der Waals surface area contributed by atoms with Gasteiger partial charge < -0.3 is 20.5 Å². The van der Waals surface area contributed by atoms with E-state index in [9.17, 15) is 23.1 Å². The number of aromatic nitrogens is 3. The zero-order valence-electron chi connectivity index (χ0n) is 16.3. The van der Waals surface area contributed by atoms with Gasteiger partial charge in [-0.05, 0) is 6.07 Å². The summed E-state index contributed by atoms with van der Waals surface area (Å²) in [4.78, 5) is 28.1. The first-order valence-corrected chi connectivity index (χ1v) is 11.4. The number of carbonyl (C=O) groups excluding carboxylic acids is 1. The Kier molecular flexibility index (Phi) is 5.49. The predicted octanol–water partition coefficient (Wildman–Crippen LogP) is 1.82. The molecule has 0 aliphatic carbocycles. The number of halogens is 1. The third-order valence-electron chi connectivity index (χ3n) is 5.36. The summed E-state index contributed by atoms with van der Waals surface area (Å²) >= 11 is 0. The quantitative estimate of drug-likeness (QED) is 0.530. The number of hydrogen-bond donors (Lipinski definition) is 4. The second-order valence-corrected chi connectivity index (χ2v) is 9.90. The van der Waals surface area contributed by atoms with E-state index in [0.717, 1.165) is 4.90 Å². The minimum absolute atomic E-state index is 0.0315. The zero-order chi connectivity index (χ0) is 22.3. The monoisotopic (exact) mass is 455 g/mol. The molecular formula is C18H22FN5O6S. The number of likely N-dealkylation sites (tertiary alicyclic amines) is 1. The van der Waals surface area contributed by atoms with E-state index >= 15 is 0 Å². The third-order valence-corrected chi connectivity index (χ3v) is 7.20. The maximum absolute atomic E-state index is 14.4. The van der Waals surface area contributed by atoms with Crippen LogP contribution in [0.25, 0.3) is 11.1 Å².